The van der Waals surface area contributed by atoms with Gasteiger partial charge in [-0.05, 0) is 49.3 Å². The Kier molecular flexibility index (Phi) is 6.45. The molecule has 144 valence electrons. The Balaban J connectivity index is 1.82. The molecule has 0 fully saturated rings. The van der Waals surface area contributed by atoms with Gasteiger partial charge in [-0.1, -0.05) is 43.2 Å². The maximum atomic E-state index is 12.8. The number of fused-ring (bicyclic) bond motifs is 1. The summed E-state index contributed by atoms with van der Waals surface area (Å²) in [4.78, 5) is 25.5. The lowest BCUT2D eigenvalue weighted by Crippen LogP contribution is -2.42. The normalized spacial score (nSPS) is 15.3. The summed E-state index contributed by atoms with van der Waals surface area (Å²) >= 11 is 0. The van der Waals surface area contributed by atoms with Gasteiger partial charge in [-0.25, -0.2) is 0 Å². The molecule has 0 unspecified atom stereocenters. The molecule has 0 spiro atoms. The van der Waals surface area contributed by atoms with Crippen LogP contribution >= 0.6 is 0 Å². The zero-order valence-electron chi connectivity index (χ0n) is 15.9. The predicted molar refractivity (Wildman–Crippen MR) is 106 cm³/mol. The molecule has 5 nitrogen and oxygen atoms in total. The summed E-state index contributed by atoms with van der Waals surface area (Å²) in [6.07, 6.45) is 6.85. The molecule has 0 saturated heterocycles. The number of rotatable bonds is 5. The number of aryl methyl sites for hydroxylation is 1. The van der Waals surface area contributed by atoms with E-state index in [1.54, 1.807) is 17.7 Å². The van der Waals surface area contributed by atoms with Crippen LogP contribution in [-0.2, 0) is 26.3 Å². The first-order valence-electron chi connectivity index (χ1n) is 9.77. The van der Waals surface area contributed by atoms with Gasteiger partial charge < -0.3 is 15.0 Å². The second-order valence-electron chi connectivity index (χ2n) is 7.35. The van der Waals surface area contributed by atoms with Gasteiger partial charge >= 0.3 is 0 Å². The average Bonchev–Trinajstić information content (AvgIpc) is 2.65. The minimum atomic E-state index is -0.424. The fourth-order valence-corrected chi connectivity index (χ4v) is 3.83. The zero-order chi connectivity index (χ0) is 19.2. The highest BCUT2D eigenvalue weighted by Gasteiger charge is 2.20. The summed E-state index contributed by atoms with van der Waals surface area (Å²) in [6.45, 7) is -0.175. The number of hydrogen-bond donors (Lipinski definition) is 2. The van der Waals surface area contributed by atoms with Gasteiger partial charge in [0.1, 0.15) is 5.56 Å². The maximum absolute atomic E-state index is 12.8. The van der Waals surface area contributed by atoms with Crippen LogP contribution in [-0.4, -0.2) is 28.2 Å². The van der Waals surface area contributed by atoms with Crippen molar-refractivity contribution in [3.05, 3.63) is 69.1 Å². The van der Waals surface area contributed by atoms with Crippen molar-refractivity contribution in [3.63, 3.8) is 0 Å². The number of nitrogens with one attached hydrogen (secondary N) is 1. The van der Waals surface area contributed by atoms with Crippen LogP contribution < -0.4 is 10.9 Å². The molecule has 0 radical (unpaired) electrons. The van der Waals surface area contributed by atoms with Crippen LogP contribution in [0.2, 0.25) is 0 Å². The first kappa shape index (κ1) is 19.4. The molecule has 1 aliphatic carbocycles. The first-order chi connectivity index (χ1) is 13.1. The van der Waals surface area contributed by atoms with Crippen LogP contribution in [0.25, 0.3) is 0 Å². The minimum Gasteiger partial charge on any atom is -0.394 e. The van der Waals surface area contributed by atoms with Gasteiger partial charge in [-0.2, -0.15) is 0 Å². The van der Waals surface area contributed by atoms with Crippen LogP contribution in [0.3, 0.4) is 0 Å². The topological polar surface area (TPSA) is 71.3 Å². The maximum Gasteiger partial charge on any atom is 0.263 e. The molecule has 1 aromatic heterocycles. The molecule has 1 atom stereocenters. The number of carbonyl (C=O) groups is 1. The Labute approximate surface area is 160 Å². The Morgan fingerprint density at radius 1 is 1.15 bits per heavy atom. The summed E-state index contributed by atoms with van der Waals surface area (Å²) in [5, 5.41) is 12.5. The lowest BCUT2D eigenvalue weighted by molar-refractivity contribution is 0.0914. The van der Waals surface area contributed by atoms with E-state index in [-0.39, 0.29) is 17.7 Å². The van der Waals surface area contributed by atoms with Gasteiger partial charge in [0, 0.05) is 12.7 Å². The molecule has 2 N–H and O–H groups in total. The summed E-state index contributed by atoms with van der Waals surface area (Å²) in [6, 6.07) is 11.0. The van der Waals surface area contributed by atoms with Gasteiger partial charge in [0.2, 0.25) is 0 Å². The van der Waals surface area contributed by atoms with E-state index < -0.39 is 11.9 Å². The quantitative estimate of drug-likeness (QED) is 0.851. The zero-order valence-corrected chi connectivity index (χ0v) is 15.9. The first-order valence-corrected chi connectivity index (χ1v) is 9.77. The van der Waals surface area contributed by atoms with Crippen LogP contribution in [0.4, 0.5) is 0 Å². The van der Waals surface area contributed by atoms with Crippen LogP contribution in [0.15, 0.2) is 41.2 Å². The summed E-state index contributed by atoms with van der Waals surface area (Å²) in [5.41, 5.74) is 3.10. The highest BCUT2D eigenvalue weighted by Crippen LogP contribution is 2.19. The molecule has 0 aliphatic heterocycles. The Morgan fingerprint density at radius 2 is 1.85 bits per heavy atom. The van der Waals surface area contributed by atoms with E-state index >= 15 is 0 Å². The van der Waals surface area contributed by atoms with E-state index in [0.717, 1.165) is 42.5 Å². The van der Waals surface area contributed by atoms with Crippen molar-refractivity contribution in [2.45, 2.75) is 51.0 Å². The van der Waals surface area contributed by atoms with Crippen molar-refractivity contribution in [3.8, 4) is 0 Å². The summed E-state index contributed by atoms with van der Waals surface area (Å²) in [7, 11) is 1.76. The SMILES string of the molecule is Cn1c2c(cc(C(=O)N[C@@H](CO)Cc3ccccc3)c1=O)CCCCCC2. The van der Waals surface area contributed by atoms with Crippen molar-refractivity contribution >= 4 is 5.91 Å². The highest BCUT2D eigenvalue weighted by atomic mass is 16.3. The number of pyridine rings is 1. The standard InChI is InChI=1S/C22H28N2O3/c1-24-20-12-8-3-2-7-11-17(20)14-19(22(24)27)21(26)23-18(15-25)13-16-9-5-4-6-10-16/h4-6,9-10,14,18,25H,2-3,7-8,11-13,15H2,1H3,(H,23,26)/t18-/m1/s1. The number of hydrogen-bond acceptors (Lipinski definition) is 3. The highest BCUT2D eigenvalue weighted by molar-refractivity contribution is 5.94. The molecule has 2 aromatic rings. The van der Waals surface area contributed by atoms with E-state index in [0.29, 0.717) is 6.42 Å². The van der Waals surface area contributed by atoms with Crippen molar-refractivity contribution in [2.75, 3.05) is 6.61 Å². The molecular formula is C22H28N2O3. The third kappa shape index (κ3) is 4.66. The second-order valence-corrected chi connectivity index (χ2v) is 7.35. The molecule has 27 heavy (non-hydrogen) atoms. The van der Waals surface area contributed by atoms with Crippen LogP contribution in [0.5, 0.6) is 0 Å². The minimum absolute atomic E-state index is 0.170. The molecule has 1 amide bonds. The fraction of sp³-hybridized carbons (Fsp3) is 0.455. The monoisotopic (exact) mass is 368 g/mol. The Morgan fingerprint density at radius 3 is 2.56 bits per heavy atom. The van der Waals surface area contributed by atoms with Gasteiger partial charge in [-0.3, -0.25) is 9.59 Å². The number of carbonyl (C=O) groups excluding carboxylic acids is 1. The summed E-state index contributed by atoms with van der Waals surface area (Å²) < 4.78 is 1.64. The third-order valence-corrected chi connectivity index (χ3v) is 5.36. The van der Waals surface area contributed by atoms with E-state index in [1.165, 1.54) is 12.8 Å². The number of amides is 1. The van der Waals surface area contributed by atoms with E-state index in [2.05, 4.69) is 5.32 Å². The largest absolute Gasteiger partial charge is 0.394 e. The lowest BCUT2D eigenvalue weighted by Gasteiger charge is -2.20. The predicted octanol–water partition coefficient (Wildman–Crippen LogP) is 2.38. The molecule has 0 bridgehead atoms. The third-order valence-electron chi connectivity index (χ3n) is 5.36. The molecule has 3 rings (SSSR count). The van der Waals surface area contributed by atoms with Crippen molar-refractivity contribution in [2.24, 2.45) is 7.05 Å². The number of aliphatic hydroxyl groups is 1. The van der Waals surface area contributed by atoms with Crippen molar-refractivity contribution in [1.82, 2.24) is 9.88 Å². The smallest absolute Gasteiger partial charge is 0.263 e. The van der Waals surface area contributed by atoms with Crippen LogP contribution in [0, 0.1) is 0 Å². The number of aliphatic hydroxyl groups excluding tert-OH is 1. The van der Waals surface area contributed by atoms with Gasteiger partial charge in [0.15, 0.2) is 0 Å². The molecule has 5 heteroatoms. The summed E-state index contributed by atoms with van der Waals surface area (Å²) in [5.74, 6) is -0.407. The second kappa shape index (κ2) is 9.00. The molecular weight excluding hydrogens is 340 g/mol. The van der Waals surface area contributed by atoms with E-state index in [1.807, 2.05) is 30.3 Å². The van der Waals surface area contributed by atoms with Gasteiger partial charge in [0.05, 0.1) is 12.6 Å². The van der Waals surface area contributed by atoms with E-state index in [9.17, 15) is 14.7 Å². The molecule has 0 saturated carbocycles. The number of nitrogens with zero attached hydrogens (tertiary/aromatic N) is 1. The fourth-order valence-electron chi connectivity index (χ4n) is 3.83. The number of benzene rings is 1. The lowest BCUT2D eigenvalue weighted by atomic mass is 9.95. The van der Waals surface area contributed by atoms with Gasteiger partial charge in [-0.15, -0.1) is 0 Å². The van der Waals surface area contributed by atoms with Gasteiger partial charge in [0.25, 0.3) is 11.5 Å². The molecule has 1 aromatic carbocycles. The Hall–Kier alpha value is -2.40. The van der Waals surface area contributed by atoms with Crippen molar-refractivity contribution in [1.29, 1.82) is 0 Å². The molecule has 1 heterocycles. The number of aromatic nitrogens is 1. The molecule has 1 aliphatic rings. The van der Waals surface area contributed by atoms with Crippen LogP contribution in [0.1, 0.15) is 52.9 Å². The Bertz CT molecular complexity index is 843. The average molecular weight is 368 g/mol. The van der Waals surface area contributed by atoms with E-state index in [4.69, 9.17) is 0 Å². The van der Waals surface area contributed by atoms with Crippen molar-refractivity contribution < 1.29 is 9.90 Å².